The Balaban J connectivity index is 0.975. The number of nitrogens with one attached hydrogen (secondary N) is 1. The molecule has 0 unspecified atom stereocenters. The highest BCUT2D eigenvalue weighted by Gasteiger charge is 2.55. The van der Waals surface area contributed by atoms with Crippen molar-refractivity contribution in [2.45, 2.75) is 44.2 Å². The van der Waals surface area contributed by atoms with Crippen molar-refractivity contribution < 1.29 is 35.5 Å². The molecule has 12 rings (SSSR count). The molecule has 11 heteroatoms. The van der Waals surface area contributed by atoms with E-state index >= 15 is 0 Å². The molecule has 8 aromatic carbocycles. The molecule has 9 nitrogen and oxygen atoms in total. The van der Waals surface area contributed by atoms with Crippen LogP contribution in [0.5, 0.6) is 0 Å². The van der Waals surface area contributed by atoms with Crippen molar-refractivity contribution in [3.05, 3.63) is 146 Å². The van der Waals surface area contributed by atoms with Crippen molar-refractivity contribution in [1.82, 2.24) is 0 Å². The molecule has 0 saturated carbocycles. The zero-order chi connectivity index (χ0) is 39.2. The minimum Gasteiger partial charge on any atom is -0.408 e. The zero-order valence-electron chi connectivity index (χ0n) is 32.0. The molecular formula is C48H37NO8P2. The summed E-state index contributed by atoms with van der Waals surface area (Å²) in [6.45, 7) is 3.90. The van der Waals surface area contributed by atoms with Gasteiger partial charge in [0.25, 0.3) is 0 Å². The molecule has 59 heavy (non-hydrogen) atoms. The highest BCUT2D eigenvalue weighted by atomic mass is 31.1. The highest BCUT2D eigenvalue weighted by Crippen LogP contribution is 2.45. The Labute approximate surface area is 339 Å². The molecule has 2 fully saturated rings. The van der Waals surface area contributed by atoms with Crippen molar-refractivity contribution in [2.75, 3.05) is 11.7 Å². The summed E-state index contributed by atoms with van der Waals surface area (Å²) in [5, 5.41) is 16.4. The second-order valence-corrected chi connectivity index (χ2v) is 17.8. The highest BCUT2D eigenvalue weighted by molar-refractivity contribution is 7.38. The summed E-state index contributed by atoms with van der Waals surface area (Å²) in [6, 6.07) is 49.4. The van der Waals surface area contributed by atoms with Gasteiger partial charge in [-0.05, 0) is 81.2 Å². The molecule has 4 heterocycles. The Hall–Kier alpha value is -5.60. The number of ether oxygens (including phenoxy) is 3. The van der Waals surface area contributed by atoms with E-state index in [2.05, 4.69) is 114 Å². The predicted molar refractivity (Wildman–Crippen MR) is 236 cm³/mol. The van der Waals surface area contributed by atoms with Crippen molar-refractivity contribution in [2.24, 2.45) is 0 Å². The molecule has 4 atom stereocenters. The monoisotopic (exact) mass is 817 g/mol. The lowest BCUT2D eigenvalue weighted by Gasteiger charge is -2.25. The van der Waals surface area contributed by atoms with E-state index < -0.39 is 46.7 Å². The summed E-state index contributed by atoms with van der Waals surface area (Å²) in [7, 11) is -3.71. The minimum absolute atomic E-state index is 0.112. The maximum Gasteiger partial charge on any atom is 0.387 e. The Kier molecular flexibility index (Phi) is 8.23. The summed E-state index contributed by atoms with van der Waals surface area (Å²) in [5.41, 5.74) is 2.84. The summed E-state index contributed by atoms with van der Waals surface area (Å²) in [5.74, 6) is -0.854. The Bertz CT molecular complexity index is 3200. The van der Waals surface area contributed by atoms with Crippen LogP contribution in [0.15, 0.2) is 162 Å². The average Bonchev–Trinajstić information content (AvgIpc) is 3.57. The van der Waals surface area contributed by atoms with Crippen LogP contribution in [0.25, 0.3) is 87.0 Å². The second-order valence-electron chi connectivity index (χ2n) is 15.6. The van der Waals surface area contributed by atoms with Crippen LogP contribution in [0.4, 0.5) is 0 Å². The molecule has 0 spiro atoms. The molecule has 0 radical (unpaired) electrons. The first kappa shape index (κ1) is 35.4. The van der Waals surface area contributed by atoms with E-state index in [4.69, 9.17) is 35.5 Å². The largest absolute Gasteiger partial charge is 0.408 e. The molecule has 10 aromatic rings. The first-order valence-electron chi connectivity index (χ1n) is 19.7. The fourth-order valence-electron chi connectivity index (χ4n) is 8.95. The molecule has 0 aliphatic carbocycles. The lowest BCUT2D eigenvalue weighted by molar-refractivity contribution is -0.207. The summed E-state index contributed by atoms with van der Waals surface area (Å²) in [6.07, 6.45) is -1.67. The molecule has 0 amide bonds. The third-order valence-electron chi connectivity index (χ3n) is 11.5. The Morgan fingerprint density at radius 3 is 1.36 bits per heavy atom. The van der Waals surface area contributed by atoms with Crippen molar-refractivity contribution >= 4 is 103 Å². The van der Waals surface area contributed by atoms with Gasteiger partial charge in [0.15, 0.2) is 12.1 Å². The van der Waals surface area contributed by atoms with E-state index in [1.54, 1.807) is 0 Å². The second kappa shape index (κ2) is 13.7. The van der Waals surface area contributed by atoms with Crippen LogP contribution in [-0.2, 0) is 14.2 Å². The van der Waals surface area contributed by atoms with Crippen LogP contribution < -0.4 is 9.61 Å². The normalized spacial score (nSPS) is 20.2. The zero-order valence-corrected chi connectivity index (χ0v) is 33.8. The quantitative estimate of drug-likeness (QED) is 0.182. The van der Waals surface area contributed by atoms with Gasteiger partial charge < -0.3 is 31.0 Å². The summed E-state index contributed by atoms with van der Waals surface area (Å²) in [4.78, 5) is 0. The molecule has 292 valence electrons. The van der Waals surface area contributed by atoms with Crippen LogP contribution in [0.1, 0.15) is 13.8 Å². The van der Waals surface area contributed by atoms with Gasteiger partial charge in [0.1, 0.15) is 34.5 Å². The van der Waals surface area contributed by atoms with E-state index in [0.29, 0.717) is 11.2 Å². The van der Waals surface area contributed by atoms with Gasteiger partial charge in [-0.25, -0.2) is 5.09 Å². The van der Waals surface area contributed by atoms with Crippen LogP contribution in [0, 0.1) is 0 Å². The van der Waals surface area contributed by atoms with E-state index in [0.717, 1.165) is 75.8 Å². The average molecular weight is 818 g/mol. The first-order chi connectivity index (χ1) is 28.9. The number of hydrogen-bond donors (Lipinski definition) is 1. The number of rotatable bonds is 5. The fourth-order valence-corrected chi connectivity index (χ4v) is 11.4. The van der Waals surface area contributed by atoms with E-state index in [-0.39, 0.29) is 6.61 Å². The fraction of sp³-hybridized carbons (Fsp3) is 0.167. The first-order valence-corrected chi connectivity index (χ1v) is 22.0. The lowest BCUT2D eigenvalue weighted by Crippen LogP contribution is -2.42. The number of fused-ring (bicyclic) bond motifs is 15. The third kappa shape index (κ3) is 5.96. The molecular weight excluding hydrogens is 780 g/mol. The number of hydrogen-bond acceptors (Lipinski definition) is 9. The minimum atomic E-state index is -1.93. The van der Waals surface area contributed by atoms with Crippen molar-refractivity contribution in [1.29, 1.82) is 0 Å². The van der Waals surface area contributed by atoms with Crippen LogP contribution in [0.3, 0.4) is 0 Å². The van der Waals surface area contributed by atoms with E-state index in [1.165, 1.54) is 0 Å². The van der Waals surface area contributed by atoms with Gasteiger partial charge in [-0.1, -0.05) is 121 Å². The van der Waals surface area contributed by atoms with E-state index in [9.17, 15) is 0 Å². The maximum absolute atomic E-state index is 6.86. The number of benzene rings is 8. The van der Waals surface area contributed by atoms with Gasteiger partial charge in [0.05, 0.1) is 12.6 Å². The van der Waals surface area contributed by atoms with Crippen LogP contribution >= 0.6 is 16.4 Å². The van der Waals surface area contributed by atoms with Crippen LogP contribution in [0.2, 0.25) is 0 Å². The standard InChI is InChI=1S/C48H37NO8P2/c1-48(2)52-46-45(49-58-54-36-23-19-28-11-3-7-15-32(28)41(36)42-33-16-8-4-12-29(33)20-24-37(42)55-58)40(51-47(46)53-48)27-50-59-56-38-25-21-30-13-5-9-17-34(30)43(38)44-35-18-10-6-14-31(35)22-26-39(44)57-59/h3-26,40,45-47,49H,27H2,1-2H3/t40-,45-,46-,47-/m1/s1. The molecule has 2 saturated heterocycles. The van der Waals surface area contributed by atoms with Gasteiger partial charge in [-0.2, -0.15) is 0 Å². The predicted octanol–water partition coefficient (Wildman–Crippen LogP) is 13.4. The summed E-state index contributed by atoms with van der Waals surface area (Å²) < 4.78 is 53.1. The molecule has 2 aromatic heterocycles. The molecule has 2 aliphatic rings. The van der Waals surface area contributed by atoms with Crippen molar-refractivity contribution in [3.63, 3.8) is 0 Å². The molecule has 0 bridgehead atoms. The lowest BCUT2D eigenvalue weighted by atomic mass is 9.99. The third-order valence-corrected chi connectivity index (χ3v) is 13.8. The van der Waals surface area contributed by atoms with Gasteiger partial charge in [-0.15, -0.1) is 0 Å². The Morgan fingerprint density at radius 2 is 0.915 bits per heavy atom. The van der Waals surface area contributed by atoms with Crippen LogP contribution in [-0.4, -0.2) is 36.9 Å². The van der Waals surface area contributed by atoms with Gasteiger partial charge in [-0.3, -0.25) is 4.52 Å². The topological polar surface area (TPSA) is 102 Å². The van der Waals surface area contributed by atoms with E-state index in [1.807, 2.05) is 50.2 Å². The van der Waals surface area contributed by atoms with Gasteiger partial charge in [0.2, 0.25) is 0 Å². The smallest absolute Gasteiger partial charge is 0.387 e. The molecule has 1 N–H and O–H groups in total. The molecule has 2 aliphatic heterocycles. The van der Waals surface area contributed by atoms with Gasteiger partial charge >= 0.3 is 16.4 Å². The van der Waals surface area contributed by atoms with Crippen molar-refractivity contribution in [3.8, 4) is 0 Å². The summed E-state index contributed by atoms with van der Waals surface area (Å²) >= 11 is 0. The SMILES string of the molecule is CC1(C)O[C@H]2O[C@H](COp3oc4ccc5ccccc5c4c4c(ccc5ccccc54)o3)[C@@H](Np3oc4ccc5ccccc5c4c4c(ccc5ccccc54)o3)[C@H]2O1. The van der Waals surface area contributed by atoms with Gasteiger partial charge in [0, 0.05) is 21.5 Å². The maximum atomic E-state index is 6.86. The Morgan fingerprint density at radius 1 is 0.508 bits per heavy atom.